The van der Waals surface area contributed by atoms with Gasteiger partial charge in [-0.15, -0.1) is 5.10 Å². The second kappa shape index (κ2) is 6.14. The van der Waals surface area contributed by atoms with Crippen molar-refractivity contribution in [3.8, 4) is 0 Å². The van der Waals surface area contributed by atoms with Gasteiger partial charge in [-0.3, -0.25) is 0 Å². The van der Waals surface area contributed by atoms with Gasteiger partial charge in [-0.1, -0.05) is 19.1 Å². The van der Waals surface area contributed by atoms with Crippen molar-refractivity contribution in [1.82, 2.24) is 15.0 Å². The first-order valence-electron chi connectivity index (χ1n) is 6.85. The number of aromatic nitrogens is 3. The molecule has 0 unspecified atom stereocenters. The van der Waals surface area contributed by atoms with Gasteiger partial charge in [0.15, 0.2) is 5.69 Å². The molecule has 1 aliphatic heterocycles. The van der Waals surface area contributed by atoms with Gasteiger partial charge in [0, 0.05) is 13.2 Å². The molecule has 1 aromatic heterocycles. The molecule has 0 aromatic carbocycles. The summed E-state index contributed by atoms with van der Waals surface area (Å²) in [7, 11) is 0. The predicted molar refractivity (Wildman–Crippen MR) is 69.2 cm³/mol. The van der Waals surface area contributed by atoms with Crippen molar-refractivity contribution >= 4 is 5.97 Å². The lowest BCUT2D eigenvalue weighted by Crippen LogP contribution is -2.23. The second-order valence-corrected chi connectivity index (χ2v) is 4.99. The van der Waals surface area contributed by atoms with E-state index >= 15 is 0 Å². The van der Waals surface area contributed by atoms with E-state index in [2.05, 4.69) is 10.3 Å². The maximum Gasteiger partial charge on any atom is 0.360 e. The zero-order chi connectivity index (χ0) is 13.8. The van der Waals surface area contributed by atoms with Crippen molar-refractivity contribution in [2.75, 3.05) is 19.8 Å². The Labute approximate surface area is 113 Å². The largest absolute Gasteiger partial charge is 0.461 e. The Morgan fingerprint density at radius 2 is 2.16 bits per heavy atom. The molecule has 0 aliphatic carbocycles. The molecular formula is C13H21N3O3. The van der Waals surface area contributed by atoms with E-state index < -0.39 is 0 Å². The Kier molecular flexibility index (Phi) is 4.52. The quantitative estimate of drug-likeness (QED) is 0.780. The van der Waals surface area contributed by atoms with Crippen LogP contribution in [0.2, 0.25) is 0 Å². The van der Waals surface area contributed by atoms with Crippen LogP contribution in [0.15, 0.2) is 0 Å². The second-order valence-electron chi connectivity index (χ2n) is 4.99. The van der Waals surface area contributed by atoms with E-state index in [0.29, 0.717) is 12.3 Å². The molecule has 0 atom stereocenters. The monoisotopic (exact) mass is 267 g/mol. The van der Waals surface area contributed by atoms with Crippen LogP contribution >= 0.6 is 0 Å². The van der Waals surface area contributed by atoms with Gasteiger partial charge < -0.3 is 9.47 Å². The first-order chi connectivity index (χ1) is 9.15. The summed E-state index contributed by atoms with van der Waals surface area (Å²) in [5.41, 5.74) is 1.22. The highest BCUT2D eigenvalue weighted by atomic mass is 16.5. The summed E-state index contributed by atoms with van der Waals surface area (Å²) in [6.07, 6.45) is 1.82. The first kappa shape index (κ1) is 14.0. The van der Waals surface area contributed by atoms with Crippen LogP contribution in [0.1, 0.15) is 61.8 Å². The molecule has 1 aliphatic rings. The summed E-state index contributed by atoms with van der Waals surface area (Å²) in [5.74, 6) is -0.207. The Morgan fingerprint density at radius 3 is 2.74 bits per heavy atom. The van der Waals surface area contributed by atoms with Crippen molar-refractivity contribution in [3.63, 3.8) is 0 Å². The van der Waals surface area contributed by atoms with Crippen molar-refractivity contribution in [2.45, 2.75) is 45.6 Å². The molecule has 0 amide bonds. The van der Waals surface area contributed by atoms with Crippen LogP contribution < -0.4 is 0 Å². The standard InChI is InChI=1S/C13H21N3O3/c1-4-19-13(17)11-12(9(2)3)16(15-14-11)10-5-7-18-8-6-10/h9-10H,4-8H2,1-3H3. The van der Waals surface area contributed by atoms with Gasteiger partial charge in [0.2, 0.25) is 0 Å². The van der Waals surface area contributed by atoms with Crippen LogP contribution in [0, 0.1) is 0 Å². The molecule has 6 nitrogen and oxygen atoms in total. The number of nitrogens with zero attached hydrogens (tertiary/aromatic N) is 3. The number of hydrogen-bond donors (Lipinski definition) is 0. The third-order valence-corrected chi connectivity index (χ3v) is 3.28. The number of hydrogen-bond acceptors (Lipinski definition) is 5. The lowest BCUT2D eigenvalue weighted by Gasteiger charge is -2.24. The van der Waals surface area contributed by atoms with Gasteiger partial charge in [0.25, 0.3) is 0 Å². The fourth-order valence-corrected chi connectivity index (χ4v) is 2.38. The van der Waals surface area contributed by atoms with E-state index in [1.54, 1.807) is 6.92 Å². The average molecular weight is 267 g/mol. The van der Waals surface area contributed by atoms with Gasteiger partial charge in [0.1, 0.15) is 0 Å². The third-order valence-electron chi connectivity index (χ3n) is 3.28. The maximum atomic E-state index is 11.9. The topological polar surface area (TPSA) is 66.2 Å². The Bertz CT molecular complexity index is 436. The maximum absolute atomic E-state index is 11.9. The van der Waals surface area contributed by atoms with Gasteiger partial charge in [-0.2, -0.15) is 0 Å². The fourth-order valence-electron chi connectivity index (χ4n) is 2.38. The van der Waals surface area contributed by atoms with Gasteiger partial charge in [-0.05, 0) is 25.7 Å². The van der Waals surface area contributed by atoms with Crippen LogP contribution in [0.4, 0.5) is 0 Å². The molecule has 2 rings (SSSR count). The molecule has 19 heavy (non-hydrogen) atoms. The van der Waals surface area contributed by atoms with E-state index in [1.165, 1.54) is 0 Å². The molecule has 2 heterocycles. The van der Waals surface area contributed by atoms with Crippen molar-refractivity contribution in [1.29, 1.82) is 0 Å². The van der Waals surface area contributed by atoms with Crippen LogP contribution in [0.5, 0.6) is 0 Å². The summed E-state index contributed by atoms with van der Waals surface area (Å²) in [4.78, 5) is 11.9. The molecule has 0 saturated carbocycles. The third kappa shape index (κ3) is 2.94. The van der Waals surface area contributed by atoms with Crippen LogP contribution in [0.3, 0.4) is 0 Å². The van der Waals surface area contributed by atoms with E-state index in [0.717, 1.165) is 31.7 Å². The highest BCUT2D eigenvalue weighted by molar-refractivity contribution is 5.88. The van der Waals surface area contributed by atoms with Crippen molar-refractivity contribution < 1.29 is 14.3 Å². The minimum absolute atomic E-state index is 0.178. The zero-order valence-corrected chi connectivity index (χ0v) is 11.8. The average Bonchev–Trinajstić information content (AvgIpc) is 2.85. The van der Waals surface area contributed by atoms with Crippen LogP contribution in [-0.2, 0) is 9.47 Å². The number of carbonyl (C=O) groups is 1. The Morgan fingerprint density at radius 1 is 1.47 bits per heavy atom. The minimum Gasteiger partial charge on any atom is -0.461 e. The lowest BCUT2D eigenvalue weighted by molar-refractivity contribution is 0.0516. The summed E-state index contributed by atoms with van der Waals surface area (Å²) < 4.78 is 12.3. The van der Waals surface area contributed by atoms with E-state index in [4.69, 9.17) is 9.47 Å². The highest BCUT2D eigenvalue weighted by Crippen LogP contribution is 2.27. The SMILES string of the molecule is CCOC(=O)c1nnn(C2CCOCC2)c1C(C)C. The van der Waals surface area contributed by atoms with E-state index in [-0.39, 0.29) is 17.9 Å². The highest BCUT2D eigenvalue weighted by Gasteiger charge is 2.27. The molecule has 6 heteroatoms. The summed E-state index contributed by atoms with van der Waals surface area (Å²) in [6.45, 7) is 7.68. The molecule has 1 fully saturated rings. The van der Waals surface area contributed by atoms with Crippen molar-refractivity contribution in [3.05, 3.63) is 11.4 Å². The number of carbonyl (C=O) groups excluding carboxylic acids is 1. The summed E-state index contributed by atoms with van der Waals surface area (Å²) in [6, 6.07) is 0.266. The molecule has 1 saturated heterocycles. The first-order valence-corrected chi connectivity index (χ1v) is 6.85. The molecule has 0 radical (unpaired) electrons. The molecular weight excluding hydrogens is 246 g/mol. The summed E-state index contributed by atoms with van der Waals surface area (Å²) >= 11 is 0. The molecule has 0 spiro atoms. The molecule has 106 valence electrons. The number of ether oxygens (including phenoxy) is 2. The van der Waals surface area contributed by atoms with Gasteiger partial charge in [-0.25, -0.2) is 9.48 Å². The fraction of sp³-hybridized carbons (Fsp3) is 0.769. The molecule has 0 bridgehead atoms. The lowest BCUT2D eigenvalue weighted by atomic mass is 10.0. The summed E-state index contributed by atoms with van der Waals surface area (Å²) in [5, 5.41) is 8.20. The zero-order valence-electron chi connectivity index (χ0n) is 11.8. The van der Waals surface area contributed by atoms with E-state index in [9.17, 15) is 4.79 Å². The smallest absolute Gasteiger partial charge is 0.360 e. The number of rotatable bonds is 4. The predicted octanol–water partition coefficient (Wildman–Crippen LogP) is 1.93. The van der Waals surface area contributed by atoms with Crippen LogP contribution in [-0.4, -0.2) is 40.8 Å². The Balaban J connectivity index is 2.30. The minimum atomic E-state index is -0.385. The number of esters is 1. The normalized spacial score (nSPS) is 16.8. The van der Waals surface area contributed by atoms with E-state index in [1.807, 2.05) is 18.5 Å². The Hall–Kier alpha value is -1.43. The van der Waals surface area contributed by atoms with Gasteiger partial charge >= 0.3 is 5.97 Å². The van der Waals surface area contributed by atoms with Gasteiger partial charge in [0.05, 0.1) is 18.3 Å². The van der Waals surface area contributed by atoms with Crippen LogP contribution in [0.25, 0.3) is 0 Å². The molecule has 0 N–H and O–H groups in total. The molecule has 1 aromatic rings. The van der Waals surface area contributed by atoms with Crippen molar-refractivity contribution in [2.24, 2.45) is 0 Å².